The highest BCUT2D eigenvalue weighted by Crippen LogP contribution is 2.32. The summed E-state index contributed by atoms with van der Waals surface area (Å²) in [4.78, 5) is 8.51. The molecule has 5 aromatic rings. The van der Waals surface area contributed by atoms with E-state index in [-0.39, 0.29) is 6.10 Å². The number of hydrogen-bond acceptors (Lipinski definition) is 5. The Hall–Kier alpha value is -5.26. The number of hydrogen-bond donors (Lipinski definition) is 0. The van der Waals surface area contributed by atoms with Crippen molar-refractivity contribution in [2.45, 2.75) is 12.7 Å². The van der Waals surface area contributed by atoms with Crippen LogP contribution in [0, 0.1) is 0 Å². The molecule has 0 aromatic heterocycles. The predicted octanol–water partition coefficient (Wildman–Crippen LogP) is 9.10. The van der Waals surface area contributed by atoms with E-state index in [4.69, 9.17) is 4.74 Å². The molecule has 5 nitrogen and oxygen atoms in total. The van der Waals surface area contributed by atoms with Crippen molar-refractivity contribution < 1.29 is 4.74 Å². The molecule has 0 amide bonds. The van der Waals surface area contributed by atoms with Crippen LogP contribution in [0.4, 0.5) is 22.7 Å². The molecule has 0 aliphatic rings. The zero-order valence-electron chi connectivity index (χ0n) is 30.3. The Kier molecular flexibility index (Phi) is 11.6. The summed E-state index contributed by atoms with van der Waals surface area (Å²) in [5.74, 6) is 0. The lowest BCUT2D eigenvalue weighted by Gasteiger charge is -2.20. The van der Waals surface area contributed by atoms with Crippen molar-refractivity contribution in [3.63, 3.8) is 0 Å². The van der Waals surface area contributed by atoms with Crippen molar-refractivity contribution >= 4 is 33.9 Å². The van der Waals surface area contributed by atoms with Gasteiger partial charge in [-0.3, -0.25) is 0 Å². The van der Waals surface area contributed by atoms with E-state index in [1.54, 1.807) is 0 Å². The summed E-state index contributed by atoms with van der Waals surface area (Å²) in [5.41, 5.74) is 12.6. The highest BCUT2D eigenvalue weighted by atomic mass is 16.5. The van der Waals surface area contributed by atoms with Gasteiger partial charge in [-0.05, 0) is 99.6 Å². The lowest BCUT2D eigenvalue weighted by atomic mass is 9.93. The molecule has 0 unspecified atom stereocenters. The summed E-state index contributed by atoms with van der Waals surface area (Å²) in [6.45, 7) is 0.483. The van der Waals surface area contributed by atoms with Crippen LogP contribution in [0.15, 0.2) is 140 Å². The Morgan fingerprint density at radius 3 is 0.980 bits per heavy atom. The first-order chi connectivity index (χ1) is 23.6. The average Bonchev–Trinajstić information content (AvgIpc) is 3.12. The van der Waals surface area contributed by atoms with Crippen molar-refractivity contribution in [3.8, 4) is 0 Å². The second-order valence-corrected chi connectivity index (χ2v) is 13.2. The lowest BCUT2D eigenvalue weighted by molar-refractivity contribution is 0.102. The third-order valence-corrected chi connectivity index (χ3v) is 8.73. The standard InChI is InChI=1S/C44H50N4O/c1-45(2)38-22-14-34(15-23-38)43(35-16-24-39(25-17-35)46(3)4)30-42(49-32-33-12-10-9-11-13-33)31-44(36-18-26-40(27-19-36)47(5)6)37-20-28-41(29-21-37)48(7)8/h9-31,42H,32H2,1-8H3. The third-order valence-electron chi connectivity index (χ3n) is 8.73. The van der Waals surface area contributed by atoms with E-state index in [9.17, 15) is 0 Å². The molecule has 0 atom stereocenters. The largest absolute Gasteiger partial charge is 0.378 e. The minimum atomic E-state index is -0.339. The maximum absolute atomic E-state index is 6.84. The van der Waals surface area contributed by atoms with Gasteiger partial charge in [0.15, 0.2) is 0 Å². The molecule has 0 N–H and O–H groups in total. The molecule has 5 aromatic carbocycles. The van der Waals surface area contributed by atoms with Gasteiger partial charge in [-0.25, -0.2) is 0 Å². The minimum absolute atomic E-state index is 0.339. The quantitative estimate of drug-likeness (QED) is 0.126. The van der Waals surface area contributed by atoms with E-state index in [0.717, 1.165) is 61.7 Å². The Labute approximate surface area is 294 Å². The van der Waals surface area contributed by atoms with Gasteiger partial charge in [0.1, 0.15) is 0 Å². The molecule has 0 saturated heterocycles. The first kappa shape index (κ1) is 35.1. The fraction of sp³-hybridized carbons (Fsp3) is 0.227. The van der Waals surface area contributed by atoms with Gasteiger partial charge in [0, 0.05) is 79.1 Å². The summed E-state index contributed by atoms with van der Waals surface area (Å²) >= 11 is 0. The third kappa shape index (κ3) is 9.21. The molecule has 49 heavy (non-hydrogen) atoms. The van der Waals surface area contributed by atoms with Crippen LogP contribution in [0.1, 0.15) is 27.8 Å². The summed E-state index contributed by atoms with van der Waals surface area (Å²) in [6, 6.07) is 45.5. The van der Waals surface area contributed by atoms with E-state index in [0.29, 0.717) is 6.61 Å². The van der Waals surface area contributed by atoms with Gasteiger partial charge in [0.2, 0.25) is 0 Å². The van der Waals surface area contributed by atoms with Gasteiger partial charge >= 0.3 is 0 Å². The van der Waals surface area contributed by atoms with Gasteiger partial charge in [0.05, 0.1) is 12.7 Å². The molecular weight excluding hydrogens is 601 g/mol. The summed E-state index contributed by atoms with van der Waals surface area (Å²) in [6.07, 6.45) is 4.22. The van der Waals surface area contributed by atoms with E-state index in [1.165, 1.54) is 0 Å². The van der Waals surface area contributed by atoms with E-state index in [1.807, 2.05) is 6.07 Å². The van der Waals surface area contributed by atoms with Crippen LogP contribution in [0.5, 0.6) is 0 Å². The first-order valence-corrected chi connectivity index (χ1v) is 16.8. The van der Waals surface area contributed by atoms with Crippen molar-refractivity contribution in [2.24, 2.45) is 0 Å². The molecule has 5 rings (SSSR count). The van der Waals surface area contributed by atoms with Crippen LogP contribution in [-0.4, -0.2) is 62.5 Å². The van der Waals surface area contributed by atoms with Gasteiger partial charge < -0.3 is 24.3 Å². The smallest absolute Gasteiger partial charge is 0.0960 e. The van der Waals surface area contributed by atoms with Gasteiger partial charge in [-0.2, -0.15) is 0 Å². The topological polar surface area (TPSA) is 22.2 Å². The van der Waals surface area contributed by atoms with Crippen LogP contribution in [0.3, 0.4) is 0 Å². The molecular formula is C44H50N4O. The van der Waals surface area contributed by atoms with Gasteiger partial charge in [0.25, 0.3) is 0 Å². The first-order valence-electron chi connectivity index (χ1n) is 16.8. The van der Waals surface area contributed by atoms with Crippen molar-refractivity contribution in [2.75, 3.05) is 76.0 Å². The Bertz CT molecular complexity index is 1600. The number of rotatable bonds is 13. The SMILES string of the molecule is CN(C)c1ccc(C(=CC(C=C(c2ccc(N(C)C)cc2)c2ccc(N(C)C)cc2)OCc2ccccc2)c2ccc(N(C)C)cc2)cc1. The second kappa shape index (κ2) is 16.2. The zero-order valence-corrected chi connectivity index (χ0v) is 30.3. The molecule has 0 aliphatic heterocycles. The highest BCUT2D eigenvalue weighted by Gasteiger charge is 2.15. The van der Waals surface area contributed by atoms with E-state index in [2.05, 4.69) is 209 Å². The van der Waals surface area contributed by atoms with Crippen molar-refractivity contribution in [1.82, 2.24) is 0 Å². The van der Waals surface area contributed by atoms with Gasteiger partial charge in [-0.15, -0.1) is 0 Å². The molecule has 0 heterocycles. The summed E-state index contributed by atoms with van der Waals surface area (Å²) in [5, 5.41) is 0. The van der Waals surface area contributed by atoms with Crippen LogP contribution in [-0.2, 0) is 11.3 Å². The van der Waals surface area contributed by atoms with Crippen LogP contribution in [0.25, 0.3) is 11.1 Å². The predicted molar refractivity (Wildman–Crippen MR) is 212 cm³/mol. The Morgan fingerprint density at radius 1 is 0.429 bits per heavy atom. The number of nitrogens with zero attached hydrogens (tertiary/aromatic N) is 4. The molecule has 0 radical (unpaired) electrons. The van der Waals surface area contributed by atoms with Crippen molar-refractivity contribution in [1.29, 1.82) is 0 Å². The zero-order chi connectivity index (χ0) is 34.9. The molecule has 0 aliphatic carbocycles. The Morgan fingerprint density at radius 2 is 0.714 bits per heavy atom. The molecule has 0 bridgehead atoms. The second-order valence-electron chi connectivity index (χ2n) is 13.2. The number of anilines is 4. The maximum Gasteiger partial charge on any atom is 0.0960 e. The summed E-state index contributed by atoms with van der Waals surface area (Å²) in [7, 11) is 16.6. The molecule has 5 heteroatoms. The van der Waals surface area contributed by atoms with E-state index >= 15 is 0 Å². The molecule has 0 spiro atoms. The fourth-order valence-electron chi connectivity index (χ4n) is 5.71. The number of ether oxygens (including phenoxy) is 1. The van der Waals surface area contributed by atoms with Gasteiger partial charge in [-0.1, -0.05) is 78.9 Å². The Balaban J connectivity index is 1.69. The lowest BCUT2D eigenvalue weighted by Crippen LogP contribution is -2.11. The normalized spacial score (nSPS) is 10.8. The van der Waals surface area contributed by atoms with Crippen molar-refractivity contribution in [3.05, 3.63) is 167 Å². The fourth-order valence-corrected chi connectivity index (χ4v) is 5.71. The molecule has 0 fully saturated rings. The number of benzene rings is 5. The van der Waals surface area contributed by atoms with Crippen LogP contribution in [0.2, 0.25) is 0 Å². The molecule has 252 valence electrons. The highest BCUT2D eigenvalue weighted by molar-refractivity contribution is 5.84. The van der Waals surface area contributed by atoms with Crippen LogP contribution < -0.4 is 19.6 Å². The van der Waals surface area contributed by atoms with E-state index < -0.39 is 0 Å². The van der Waals surface area contributed by atoms with Crippen LogP contribution >= 0.6 is 0 Å². The minimum Gasteiger partial charge on any atom is -0.378 e. The summed E-state index contributed by atoms with van der Waals surface area (Å²) < 4.78 is 6.84. The monoisotopic (exact) mass is 650 g/mol. The average molecular weight is 651 g/mol. The molecule has 0 saturated carbocycles. The maximum atomic E-state index is 6.84.